The summed E-state index contributed by atoms with van der Waals surface area (Å²) in [6.45, 7) is 4.24. The normalized spacial score (nSPS) is 11.8. The molecule has 5 nitrogen and oxygen atoms in total. The fourth-order valence-corrected chi connectivity index (χ4v) is 3.99. The molecule has 6 heteroatoms. The maximum Gasteiger partial charge on any atom is 0.258 e. The van der Waals surface area contributed by atoms with Crippen molar-refractivity contribution in [1.82, 2.24) is 5.32 Å². The summed E-state index contributed by atoms with van der Waals surface area (Å²) in [5.41, 5.74) is 7.93. The van der Waals surface area contributed by atoms with Crippen molar-refractivity contribution in [3.8, 4) is 5.75 Å². The van der Waals surface area contributed by atoms with Gasteiger partial charge in [0.1, 0.15) is 5.75 Å². The zero-order valence-corrected chi connectivity index (χ0v) is 17.9. The minimum absolute atomic E-state index is 0.157. The van der Waals surface area contributed by atoms with Gasteiger partial charge in [0.2, 0.25) is 5.91 Å². The number of hydrogen-bond donors (Lipinski definition) is 2. The molecule has 0 aliphatic carbocycles. The van der Waals surface area contributed by atoms with E-state index in [0.29, 0.717) is 17.2 Å². The van der Waals surface area contributed by atoms with Crippen LogP contribution in [-0.4, -0.2) is 18.4 Å². The van der Waals surface area contributed by atoms with Gasteiger partial charge in [-0.3, -0.25) is 9.59 Å². The maximum atomic E-state index is 12.6. The van der Waals surface area contributed by atoms with Gasteiger partial charge in [-0.15, -0.1) is 11.3 Å². The molecule has 3 N–H and O–H groups in total. The topological polar surface area (TPSA) is 81.4 Å². The minimum atomic E-state index is -0.538. The van der Waals surface area contributed by atoms with Crippen molar-refractivity contribution >= 4 is 23.2 Å². The number of benzene rings is 2. The number of nitrogens with two attached hydrogens (primary N) is 1. The smallest absolute Gasteiger partial charge is 0.258 e. The van der Waals surface area contributed by atoms with Crippen molar-refractivity contribution in [2.24, 2.45) is 11.7 Å². The molecular weight excluding hydrogens is 396 g/mol. The molecule has 0 saturated heterocycles. The number of thiophene rings is 1. The largest absolute Gasteiger partial charge is 0.484 e. The second-order valence-electron chi connectivity index (χ2n) is 7.54. The van der Waals surface area contributed by atoms with Crippen molar-refractivity contribution in [2.75, 3.05) is 6.61 Å². The summed E-state index contributed by atoms with van der Waals surface area (Å²) in [6, 6.07) is 18.6. The quantitative estimate of drug-likeness (QED) is 0.538. The van der Waals surface area contributed by atoms with Crippen LogP contribution < -0.4 is 15.8 Å². The van der Waals surface area contributed by atoms with Crippen molar-refractivity contribution in [2.45, 2.75) is 26.3 Å². The van der Waals surface area contributed by atoms with Gasteiger partial charge in [-0.05, 0) is 53.1 Å². The Morgan fingerprint density at radius 1 is 1.07 bits per heavy atom. The van der Waals surface area contributed by atoms with Crippen LogP contribution in [0.15, 0.2) is 66.0 Å². The van der Waals surface area contributed by atoms with E-state index in [2.05, 4.69) is 43.4 Å². The highest BCUT2D eigenvalue weighted by Crippen LogP contribution is 2.27. The van der Waals surface area contributed by atoms with E-state index in [0.717, 1.165) is 16.9 Å². The molecular formula is C24H26N2O3S. The molecule has 2 aromatic carbocycles. The summed E-state index contributed by atoms with van der Waals surface area (Å²) >= 11 is 1.60. The van der Waals surface area contributed by atoms with Gasteiger partial charge in [0.15, 0.2) is 6.61 Å². The minimum Gasteiger partial charge on any atom is -0.484 e. The van der Waals surface area contributed by atoms with Crippen LogP contribution in [0.3, 0.4) is 0 Å². The van der Waals surface area contributed by atoms with Crippen molar-refractivity contribution in [3.05, 3.63) is 87.6 Å². The Morgan fingerprint density at radius 3 is 2.47 bits per heavy atom. The van der Waals surface area contributed by atoms with E-state index in [4.69, 9.17) is 10.5 Å². The monoisotopic (exact) mass is 422 g/mol. The van der Waals surface area contributed by atoms with Gasteiger partial charge >= 0.3 is 0 Å². The summed E-state index contributed by atoms with van der Waals surface area (Å²) in [7, 11) is 0. The average molecular weight is 423 g/mol. The molecule has 0 spiro atoms. The van der Waals surface area contributed by atoms with Gasteiger partial charge in [0.25, 0.3) is 5.91 Å². The van der Waals surface area contributed by atoms with Crippen LogP contribution in [0.2, 0.25) is 0 Å². The number of carbonyl (C=O) groups is 2. The van der Waals surface area contributed by atoms with E-state index in [1.807, 2.05) is 17.5 Å². The molecule has 0 aliphatic heterocycles. The predicted molar refractivity (Wildman–Crippen MR) is 120 cm³/mol. The molecule has 0 radical (unpaired) electrons. The molecule has 1 atom stereocenters. The predicted octanol–water partition coefficient (Wildman–Crippen LogP) is 4.33. The third kappa shape index (κ3) is 5.94. The van der Waals surface area contributed by atoms with Crippen LogP contribution in [0.5, 0.6) is 5.75 Å². The van der Waals surface area contributed by atoms with Gasteiger partial charge in [-0.25, -0.2) is 0 Å². The number of rotatable bonds is 9. The Balaban J connectivity index is 1.69. The second-order valence-corrected chi connectivity index (χ2v) is 8.52. The van der Waals surface area contributed by atoms with Gasteiger partial charge in [-0.1, -0.05) is 50.2 Å². The van der Waals surface area contributed by atoms with E-state index < -0.39 is 5.91 Å². The molecule has 0 bridgehead atoms. The van der Waals surface area contributed by atoms with Crippen molar-refractivity contribution in [1.29, 1.82) is 0 Å². The molecule has 3 rings (SSSR count). The molecule has 1 aromatic heterocycles. The highest BCUT2D eigenvalue weighted by atomic mass is 32.1. The zero-order chi connectivity index (χ0) is 21.5. The second kappa shape index (κ2) is 10.1. The van der Waals surface area contributed by atoms with Crippen LogP contribution >= 0.6 is 11.3 Å². The molecule has 0 aliphatic rings. The maximum absolute atomic E-state index is 12.6. The summed E-state index contributed by atoms with van der Waals surface area (Å²) in [5.74, 6) is 0.230. The summed E-state index contributed by atoms with van der Waals surface area (Å²) in [5, 5.41) is 5.05. The molecule has 3 aromatic rings. The summed E-state index contributed by atoms with van der Waals surface area (Å²) in [4.78, 5) is 25.0. The summed E-state index contributed by atoms with van der Waals surface area (Å²) < 4.78 is 5.56. The lowest BCUT2D eigenvalue weighted by Gasteiger charge is -2.19. The molecule has 0 fully saturated rings. The van der Waals surface area contributed by atoms with Gasteiger partial charge in [0, 0.05) is 10.4 Å². The van der Waals surface area contributed by atoms with E-state index in [-0.39, 0.29) is 18.6 Å². The van der Waals surface area contributed by atoms with Crippen molar-refractivity contribution < 1.29 is 14.3 Å². The Hall–Kier alpha value is -3.12. The third-order valence-electron chi connectivity index (χ3n) is 4.58. The fraction of sp³-hybridized carbons (Fsp3) is 0.250. The van der Waals surface area contributed by atoms with Gasteiger partial charge in [-0.2, -0.15) is 0 Å². The van der Waals surface area contributed by atoms with Crippen LogP contribution in [-0.2, 0) is 11.2 Å². The lowest BCUT2D eigenvalue weighted by molar-refractivity contribution is -0.123. The highest BCUT2D eigenvalue weighted by molar-refractivity contribution is 7.10. The van der Waals surface area contributed by atoms with Crippen LogP contribution in [0, 0.1) is 5.92 Å². The van der Waals surface area contributed by atoms with Crippen LogP contribution in [0.1, 0.15) is 46.3 Å². The van der Waals surface area contributed by atoms with Crippen molar-refractivity contribution in [3.63, 3.8) is 0 Å². The first-order valence-corrected chi connectivity index (χ1v) is 10.7. The standard InChI is InChI=1S/C24H26N2O3S/c1-16(2)13-17-8-10-18(11-9-17)23(21-7-4-12-30-21)26-22(27)15-29-20-6-3-5-19(14-20)24(25)28/h3-12,14,16,23H,13,15H2,1-2H3,(H2,25,28)(H,26,27). The lowest BCUT2D eigenvalue weighted by Crippen LogP contribution is -2.33. The number of primary amides is 1. The molecule has 1 heterocycles. The molecule has 30 heavy (non-hydrogen) atoms. The Kier molecular flexibility index (Phi) is 7.25. The van der Waals surface area contributed by atoms with E-state index >= 15 is 0 Å². The zero-order valence-electron chi connectivity index (χ0n) is 17.1. The first-order valence-electron chi connectivity index (χ1n) is 9.86. The van der Waals surface area contributed by atoms with E-state index in [1.54, 1.807) is 29.5 Å². The van der Waals surface area contributed by atoms with Crippen LogP contribution in [0.25, 0.3) is 0 Å². The Labute approximate surface area is 180 Å². The molecule has 156 valence electrons. The average Bonchev–Trinajstić information content (AvgIpc) is 3.25. The first-order chi connectivity index (χ1) is 14.4. The fourth-order valence-electron chi connectivity index (χ4n) is 3.18. The number of carbonyl (C=O) groups excluding carboxylic acids is 2. The van der Waals surface area contributed by atoms with E-state index in [9.17, 15) is 9.59 Å². The lowest BCUT2D eigenvalue weighted by atomic mass is 9.99. The Morgan fingerprint density at radius 2 is 1.83 bits per heavy atom. The van der Waals surface area contributed by atoms with Gasteiger partial charge < -0.3 is 15.8 Å². The van der Waals surface area contributed by atoms with E-state index in [1.165, 1.54) is 11.6 Å². The SMILES string of the molecule is CC(C)Cc1ccc(C(NC(=O)COc2cccc(C(N)=O)c2)c2cccs2)cc1. The molecule has 1 unspecified atom stereocenters. The van der Waals surface area contributed by atoms with Crippen LogP contribution in [0.4, 0.5) is 0 Å². The summed E-state index contributed by atoms with van der Waals surface area (Å²) in [6.07, 6.45) is 1.02. The Bertz CT molecular complexity index is 982. The molecule has 0 saturated carbocycles. The number of amides is 2. The molecule has 2 amide bonds. The number of nitrogens with one attached hydrogen (secondary N) is 1. The first kappa shape index (κ1) is 21.6. The highest BCUT2D eigenvalue weighted by Gasteiger charge is 2.18. The third-order valence-corrected chi connectivity index (χ3v) is 5.52. The number of hydrogen-bond acceptors (Lipinski definition) is 4. The number of ether oxygens (including phenoxy) is 1. The van der Waals surface area contributed by atoms with Gasteiger partial charge in [0.05, 0.1) is 6.04 Å².